The summed E-state index contributed by atoms with van der Waals surface area (Å²) in [6.07, 6.45) is 5.65. The smallest absolute Gasteiger partial charge is 0.126 e. The lowest BCUT2D eigenvalue weighted by molar-refractivity contribution is 0.345. The van der Waals surface area contributed by atoms with E-state index in [1.807, 2.05) is 0 Å². The Kier molecular flexibility index (Phi) is 5.86. The molecule has 1 fully saturated rings. The lowest BCUT2D eigenvalue weighted by Crippen LogP contribution is -2.38. The Labute approximate surface area is 126 Å². The van der Waals surface area contributed by atoms with E-state index in [1.165, 1.54) is 25.3 Å². The lowest BCUT2D eigenvalue weighted by atomic mass is 9.91. The summed E-state index contributed by atoms with van der Waals surface area (Å²) in [5, 5.41) is 4.24. The van der Waals surface area contributed by atoms with Crippen molar-refractivity contribution in [2.24, 2.45) is 11.8 Å². The first-order valence-electron chi connectivity index (χ1n) is 7.77. The molecule has 2 rings (SSSR count). The summed E-state index contributed by atoms with van der Waals surface area (Å²) in [7, 11) is 0. The maximum atomic E-state index is 13.9. The fourth-order valence-corrected chi connectivity index (χ4v) is 3.48. The van der Waals surface area contributed by atoms with Crippen molar-refractivity contribution in [3.05, 3.63) is 34.6 Å². The highest BCUT2D eigenvalue weighted by Gasteiger charge is 2.29. The molecule has 0 amide bonds. The normalized spacial score (nSPS) is 24.0. The SMILES string of the molecule is CCCNC(Cc1cc(Cl)ccc1F)C1CCC(C)C1. The van der Waals surface area contributed by atoms with Crippen molar-refractivity contribution in [2.45, 2.75) is 52.0 Å². The van der Waals surface area contributed by atoms with Gasteiger partial charge in [0.2, 0.25) is 0 Å². The molecule has 3 unspecified atom stereocenters. The second-order valence-electron chi connectivity index (χ2n) is 6.18. The molecule has 0 saturated heterocycles. The van der Waals surface area contributed by atoms with Crippen LogP contribution in [0.15, 0.2) is 18.2 Å². The van der Waals surface area contributed by atoms with Gasteiger partial charge in [-0.2, -0.15) is 0 Å². The third kappa shape index (κ3) is 4.20. The Morgan fingerprint density at radius 3 is 2.85 bits per heavy atom. The Morgan fingerprint density at radius 1 is 1.40 bits per heavy atom. The standard InChI is InChI=1S/C17H25ClFN/c1-3-8-20-17(13-5-4-12(2)9-13)11-14-10-15(18)6-7-16(14)19/h6-7,10,12-13,17,20H,3-5,8-9,11H2,1-2H3. The average molecular weight is 298 g/mol. The first kappa shape index (κ1) is 15.8. The van der Waals surface area contributed by atoms with Gasteiger partial charge in [-0.3, -0.25) is 0 Å². The summed E-state index contributed by atoms with van der Waals surface area (Å²) in [6.45, 7) is 5.48. The van der Waals surface area contributed by atoms with Crippen LogP contribution in [0.25, 0.3) is 0 Å². The summed E-state index contributed by atoms with van der Waals surface area (Å²) in [5.74, 6) is 1.33. The van der Waals surface area contributed by atoms with Gasteiger partial charge in [0.15, 0.2) is 0 Å². The highest BCUT2D eigenvalue weighted by atomic mass is 35.5. The zero-order valence-corrected chi connectivity index (χ0v) is 13.2. The number of nitrogens with one attached hydrogen (secondary N) is 1. The Morgan fingerprint density at radius 2 is 2.20 bits per heavy atom. The van der Waals surface area contributed by atoms with E-state index < -0.39 is 0 Å². The van der Waals surface area contributed by atoms with E-state index in [0.29, 0.717) is 17.0 Å². The first-order chi connectivity index (χ1) is 9.60. The van der Waals surface area contributed by atoms with Crippen LogP contribution in [-0.4, -0.2) is 12.6 Å². The predicted octanol–water partition coefficient (Wildman–Crippen LogP) is 4.83. The summed E-state index contributed by atoms with van der Waals surface area (Å²) >= 11 is 6.00. The number of halogens is 2. The van der Waals surface area contributed by atoms with Gasteiger partial charge in [0.1, 0.15) is 5.82 Å². The fraction of sp³-hybridized carbons (Fsp3) is 0.647. The molecule has 1 saturated carbocycles. The van der Waals surface area contributed by atoms with Gasteiger partial charge < -0.3 is 5.32 Å². The molecule has 1 N–H and O–H groups in total. The minimum Gasteiger partial charge on any atom is -0.313 e. The molecular formula is C17H25ClFN. The van der Waals surface area contributed by atoms with E-state index in [9.17, 15) is 4.39 Å². The summed E-state index contributed by atoms with van der Waals surface area (Å²) < 4.78 is 13.9. The van der Waals surface area contributed by atoms with Crippen LogP contribution in [0, 0.1) is 17.7 Å². The molecule has 1 aliphatic carbocycles. The molecule has 0 aliphatic heterocycles. The maximum Gasteiger partial charge on any atom is 0.126 e. The van der Waals surface area contributed by atoms with Crippen LogP contribution in [0.3, 0.4) is 0 Å². The lowest BCUT2D eigenvalue weighted by Gasteiger charge is -2.25. The van der Waals surface area contributed by atoms with Gasteiger partial charge >= 0.3 is 0 Å². The molecule has 1 aliphatic rings. The monoisotopic (exact) mass is 297 g/mol. The van der Waals surface area contributed by atoms with Crippen molar-refractivity contribution in [1.82, 2.24) is 5.32 Å². The van der Waals surface area contributed by atoms with Crippen molar-refractivity contribution < 1.29 is 4.39 Å². The molecule has 0 heterocycles. The van der Waals surface area contributed by atoms with Crippen molar-refractivity contribution in [3.8, 4) is 0 Å². The third-order valence-electron chi connectivity index (χ3n) is 4.41. The van der Waals surface area contributed by atoms with E-state index in [0.717, 1.165) is 30.9 Å². The first-order valence-corrected chi connectivity index (χ1v) is 8.15. The minimum absolute atomic E-state index is 0.135. The molecule has 1 aromatic rings. The van der Waals surface area contributed by atoms with E-state index in [2.05, 4.69) is 19.2 Å². The second-order valence-corrected chi connectivity index (χ2v) is 6.62. The van der Waals surface area contributed by atoms with E-state index in [1.54, 1.807) is 12.1 Å². The molecule has 3 heteroatoms. The number of benzene rings is 1. The molecule has 3 atom stereocenters. The topological polar surface area (TPSA) is 12.0 Å². The molecular weight excluding hydrogens is 273 g/mol. The summed E-state index contributed by atoms with van der Waals surface area (Å²) in [5.41, 5.74) is 0.741. The quantitative estimate of drug-likeness (QED) is 0.793. The van der Waals surface area contributed by atoms with Gasteiger partial charge in [0, 0.05) is 11.1 Å². The zero-order valence-electron chi connectivity index (χ0n) is 12.5. The molecule has 0 radical (unpaired) electrons. The maximum absolute atomic E-state index is 13.9. The van der Waals surface area contributed by atoms with Crippen molar-refractivity contribution in [3.63, 3.8) is 0 Å². The van der Waals surface area contributed by atoms with Gasteiger partial charge in [-0.15, -0.1) is 0 Å². The predicted molar refractivity (Wildman–Crippen MR) is 83.7 cm³/mol. The number of rotatable bonds is 6. The van der Waals surface area contributed by atoms with Gasteiger partial charge in [0.25, 0.3) is 0 Å². The van der Waals surface area contributed by atoms with Crippen LogP contribution in [0.1, 0.15) is 45.1 Å². The second kappa shape index (κ2) is 7.42. The average Bonchev–Trinajstić information content (AvgIpc) is 2.85. The Bertz CT molecular complexity index is 435. The number of hydrogen-bond donors (Lipinski definition) is 1. The molecule has 0 aromatic heterocycles. The van der Waals surface area contributed by atoms with Gasteiger partial charge in [0.05, 0.1) is 0 Å². The van der Waals surface area contributed by atoms with Crippen LogP contribution >= 0.6 is 11.6 Å². The van der Waals surface area contributed by atoms with Gasteiger partial charge in [-0.05, 0) is 67.8 Å². The van der Waals surface area contributed by atoms with Crippen LogP contribution in [0.5, 0.6) is 0 Å². The van der Waals surface area contributed by atoms with Crippen LogP contribution in [-0.2, 0) is 6.42 Å². The van der Waals surface area contributed by atoms with Gasteiger partial charge in [-0.25, -0.2) is 4.39 Å². The molecule has 1 aromatic carbocycles. The van der Waals surface area contributed by atoms with Crippen LogP contribution in [0.2, 0.25) is 5.02 Å². The van der Waals surface area contributed by atoms with Gasteiger partial charge in [-0.1, -0.05) is 31.9 Å². The van der Waals surface area contributed by atoms with E-state index in [4.69, 9.17) is 11.6 Å². The highest BCUT2D eigenvalue weighted by Crippen LogP contribution is 2.34. The minimum atomic E-state index is -0.135. The van der Waals surface area contributed by atoms with Crippen molar-refractivity contribution in [2.75, 3.05) is 6.54 Å². The Hall–Kier alpha value is -0.600. The van der Waals surface area contributed by atoms with Crippen LogP contribution in [0.4, 0.5) is 4.39 Å². The van der Waals surface area contributed by atoms with E-state index >= 15 is 0 Å². The number of hydrogen-bond acceptors (Lipinski definition) is 1. The zero-order chi connectivity index (χ0) is 14.5. The third-order valence-corrected chi connectivity index (χ3v) is 4.64. The molecule has 1 nitrogen and oxygen atoms in total. The van der Waals surface area contributed by atoms with E-state index in [-0.39, 0.29) is 5.82 Å². The molecule has 20 heavy (non-hydrogen) atoms. The summed E-state index contributed by atoms with van der Waals surface area (Å²) in [4.78, 5) is 0. The van der Waals surface area contributed by atoms with Crippen molar-refractivity contribution in [1.29, 1.82) is 0 Å². The fourth-order valence-electron chi connectivity index (χ4n) is 3.29. The van der Waals surface area contributed by atoms with Crippen LogP contribution < -0.4 is 5.32 Å². The highest BCUT2D eigenvalue weighted by molar-refractivity contribution is 6.30. The molecule has 112 valence electrons. The summed E-state index contributed by atoms with van der Waals surface area (Å²) in [6, 6.07) is 5.24. The van der Waals surface area contributed by atoms with Crippen molar-refractivity contribution >= 4 is 11.6 Å². The largest absolute Gasteiger partial charge is 0.313 e. The molecule has 0 bridgehead atoms. The molecule has 0 spiro atoms. The Balaban J connectivity index is 2.08.